The molecule has 0 unspecified atom stereocenters. The van der Waals surface area contributed by atoms with E-state index in [1.807, 2.05) is 50.2 Å². The average Bonchev–Trinajstić information content (AvgIpc) is 2.53. The molecular weight excluding hydrogens is 242 g/mol. The maximum atomic E-state index is 9.13. The van der Waals surface area contributed by atoms with Crippen molar-refractivity contribution in [2.75, 3.05) is 0 Å². The van der Waals surface area contributed by atoms with Crippen molar-refractivity contribution < 1.29 is 0 Å². The summed E-state index contributed by atoms with van der Waals surface area (Å²) >= 11 is 0. The van der Waals surface area contributed by atoms with Crippen LogP contribution in [0.1, 0.15) is 25.0 Å². The van der Waals surface area contributed by atoms with Gasteiger partial charge in [0.1, 0.15) is 0 Å². The molecule has 1 heteroatoms. The van der Waals surface area contributed by atoms with Crippen molar-refractivity contribution in [3.63, 3.8) is 0 Å². The van der Waals surface area contributed by atoms with Crippen LogP contribution in [0, 0.1) is 11.3 Å². The van der Waals surface area contributed by atoms with Gasteiger partial charge in [-0.2, -0.15) is 5.26 Å². The first-order valence-corrected chi connectivity index (χ1v) is 6.62. The topological polar surface area (TPSA) is 23.8 Å². The van der Waals surface area contributed by atoms with Gasteiger partial charge in [0, 0.05) is 5.57 Å². The molecule has 0 bridgehead atoms. The molecule has 0 saturated heterocycles. The Morgan fingerprint density at radius 3 is 2.00 bits per heavy atom. The van der Waals surface area contributed by atoms with Crippen LogP contribution >= 0.6 is 0 Å². The summed E-state index contributed by atoms with van der Waals surface area (Å²) in [5, 5.41) is 9.13. The number of hydrogen-bond acceptors (Lipinski definition) is 1. The van der Waals surface area contributed by atoms with E-state index in [9.17, 15) is 0 Å². The molecule has 0 aliphatic heterocycles. The zero-order valence-corrected chi connectivity index (χ0v) is 11.8. The second kappa shape index (κ2) is 6.54. The van der Waals surface area contributed by atoms with Crippen LogP contribution in [0.2, 0.25) is 0 Å². The van der Waals surface area contributed by atoms with Crippen LogP contribution in [-0.4, -0.2) is 0 Å². The predicted molar refractivity (Wildman–Crippen MR) is 84.7 cm³/mol. The number of hydrogen-bond donors (Lipinski definition) is 0. The van der Waals surface area contributed by atoms with Crippen molar-refractivity contribution in [2.24, 2.45) is 0 Å². The van der Waals surface area contributed by atoms with E-state index in [0.717, 1.165) is 27.8 Å². The number of allylic oxidation sites excluding steroid dienone is 3. The van der Waals surface area contributed by atoms with Crippen molar-refractivity contribution in [3.05, 3.63) is 82.9 Å². The van der Waals surface area contributed by atoms with Gasteiger partial charge in [0.25, 0.3) is 0 Å². The number of benzene rings is 2. The van der Waals surface area contributed by atoms with Crippen molar-refractivity contribution in [3.8, 4) is 6.07 Å². The summed E-state index contributed by atoms with van der Waals surface area (Å²) in [7, 11) is 0. The zero-order chi connectivity index (χ0) is 14.4. The van der Waals surface area contributed by atoms with Gasteiger partial charge in [-0.15, -0.1) is 0 Å². The SMILES string of the molecule is C/C(C#N)=C(C)/C(=C/c1ccccc1)c1ccccc1. The van der Waals surface area contributed by atoms with E-state index in [2.05, 4.69) is 36.4 Å². The molecule has 0 aliphatic rings. The Balaban J connectivity index is 2.58. The van der Waals surface area contributed by atoms with E-state index in [1.54, 1.807) is 0 Å². The summed E-state index contributed by atoms with van der Waals surface area (Å²) in [6.07, 6.45) is 2.13. The fraction of sp³-hybridized carbons (Fsp3) is 0.105. The third-order valence-electron chi connectivity index (χ3n) is 3.33. The third-order valence-corrected chi connectivity index (χ3v) is 3.33. The highest BCUT2D eigenvalue weighted by Gasteiger charge is 2.07. The molecule has 1 nitrogen and oxygen atoms in total. The standard InChI is InChI=1S/C19H17N/c1-15(14-20)16(2)19(18-11-7-4-8-12-18)13-17-9-5-3-6-10-17/h3-13H,1-2H3/b16-15-,19-13-. The van der Waals surface area contributed by atoms with E-state index in [0.29, 0.717) is 0 Å². The van der Waals surface area contributed by atoms with Crippen LogP contribution < -0.4 is 0 Å². The Kier molecular flexibility index (Phi) is 4.52. The smallest absolute Gasteiger partial charge is 0.0947 e. The molecule has 0 fully saturated rings. The first-order valence-electron chi connectivity index (χ1n) is 6.62. The lowest BCUT2D eigenvalue weighted by Crippen LogP contribution is -1.90. The molecule has 0 N–H and O–H groups in total. The molecule has 98 valence electrons. The van der Waals surface area contributed by atoms with Gasteiger partial charge in [-0.3, -0.25) is 0 Å². The Morgan fingerprint density at radius 2 is 1.45 bits per heavy atom. The maximum absolute atomic E-state index is 9.13. The molecular formula is C19H17N. The minimum absolute atomic E-state index is 0.746. The molecule has 0 aromatic heterocycles. The van der Waals surface area contributed by atoms with Crippen molar-refractivity contribution in [1.29, 1.82) is 5.26 Å². The van der Waals surface area contributed by atoms with Gasteiger partial charge in [0.2, 0.25) is 0 Å². The second-order valence-electron chi connectivity index (χ2n) is 4.70. The highest BCUT2D eigenvalue weighted by atomic mass is 14.2. The van der Waals surface area contributed by atoms with Gasteiger partial charge in [-0.1, -0.05) is 60.7 Å². The summed E-state index contributed by atoms with van der Waals surface area (Å²) in [4.78, 5) is 0. The second-order valence-corrected chi connectivity index (χ2v) is 4.70. The molecule has 0 radical (unpaired) electrons. The van der Waals surface area contributed by atoms with Crippen LogP contribution in [0.5, 0.6) is 0 Å². The van der Waals surface area contributed by atoms with Crippen LogP contribution in [-0.2, 0) is 0 Å². The summed E-state index contributed by atoms with van der Waals surface area (Å²) < 4.78 is 0. The lowest BCUT2D eigenvalue weighted by Gasteiger charge is -2.10. The summed E-state index contributed by atoms with van der Waals surface area (Å²) in [6.45, 7) is 3.86. The maximum Gasteiger partial charge on any atom is 0.0947 e. The van der Waals surface area contributed by atoms with Gasteiger partial charge in [-0.05, 0) is 42.2 Å². The van der Waals surface area contributed by atoms with E-state index >= 15 is 0 Å². The van der Waals surface area contributed by atoms with E-state index in [1.165, 1.54) is 0 Å². The van der Waals surface area contributed by atoms with Crippen LogP contribution in [0.4, 0.5) is 0 Å². The van der Waals surface area contributed by atoms with Crippen LogP contribution in [0.3, 0.4) is 0 Å². The summed E-state index contributed by atoms with van der Waals surface area (Å²) in [6, 6.07) is 22.6. The van der Waals surface area contributed by atoms with E-state index < -0.39 is 0 Å². The fourth-order valence-corrected chi connectivity index (χ4v) is 2.03. The lowest BCUT2D eigenvalue weighted by atomic mass is 9.94. The minimum Gasteiger partial charge on any atom is -0.193 e. The molecule has 0 atom stereocenters. The average molecular weight is 259 g/mol. The quantitative estimate of drug-likeness (QED) is 0.428. The summed E-state index contributed by atoms with van der Waals surface area (Å²) in [5.41, 5.74) is 5.12. The normalized spacial score (nSPS) is 12.6. The molecule has 2 rings (SSSR count). The van der Waals surface area contributed by atoms with Crippen LogP contribution in [0.25, 0.3) is 11.6 Å². The van der Waals surface area contributed by atoms with Crippen molar-refractivity contribution in [1.82, 2.24) is 0 Å². The highest BCUT2D eigenvalue weighted by Crippen LogP contribution is 2.27. The number of rotatable bonds is 3. The zero-order valence-electron chi connectivity index (χ0n) is 11.8. The molecule has 0 aliphatic carbocycles. The lowest BCUT2D eigenvalue weighted by molar-refractivity contribution is 1.36. The number of nitriles is 1. The van der Waals surface area contributed by atoms with E-state index in [-0.39, 0.29) is 0 Å². The van der Waals surface area contributed by atoms with Crippen molar-refractivity contribution in [2.45, 2.75) is 13.8 Å². The molecule has 2 aromatic carbocycles. The van der Waals surface area contributed by atoms with Gasteiger partial charge >= 0.3 is 0 Å². The van der Waals surface area contributed by atoms with Crippen LogP contribution in [0.15, 0.2) is 71.8 Å². The Bertz CT molecular complexity index is 671. The minimum atomic E-state index is 0.746. The molecule has 0 heterocycles. The summed E-state index contributed by atoms with van der Waals surface area (Å²) in [5.74, 6) is 0. The molecule has 0 spiro atoms. The number of nitrogens with zero attached hydrogens (tertiary/aromatic N) is 1. The van der Waals surface area contributed by atoms with Gasteiger partial charge < -0.3 is 0 Å². The molecule has 2 aromatic rings. The van der Waals surface area contributed by atoms with Gasteiger partial charge in [0.05, 0.1) is 6.07 Å². The first-order chi connectivity index (χ1) is 9.72. The molecule has 20 heavy (non-hydrogen) atoms. The van der Waals surface area contributed by atoms with Gasteiger partial charge in [0.15, 0.2) is 0 Å². The Morgan fingerprint density at radius 1 is 0.900 bits per heavy atom. The predicted octanol–water partition coefficient (Wildman–Crippen LogP) is 5.09. The Hall–Kier alpha value is -2.59. The monoisotopic (exact) mass is 259 g/mol. The third kappa shape index (κ3) is 3.24. The molecule has 0 amide bonds. The first kappa shape index (κ1) is 13.8. The van der Waals surface area contributed by atoms with E-state index in [4.69, 9.17) is 5.26 Å². The van der Waals surface area contributed by atoms with Crippen molar-refractivity contribution >= 4 is 11.6 Å². The highest BCUT2D eigenvalue weighted by molar-refractivity contribution is 5.91. The Labute approximate surface area is 120 Å². The molecule has 0 saturated carbocycles. The largest absolute Gasteiger partial charge is 0.193 e. The van der Waals surface area contributed by atoms with Gasteiger partial charge in [-0.25, -0.2) is 0 Å². The fourth-order valence-electron chi connectivity index (χ4n) is 2.03.